The van der Waals surface area contributed by atoms with Crippen LogP contribution in [-0.2, 0) is 6.42 Å². The molecular weight excluding hydrogens is 249 g/mol. The number of benzene rings is 1. The molecule has 3 unspecified atom stereocenters. The van der Waals surface area contributed by atoms with Crippen LogP contribution in [0.3, 0.4) is 0 Å². The molecule has 0 aromatic heterocycles. The van der Waals surface area contributed by atoms with Crippen molar-refractivity contribution >= 4 is 0 Å². The van der Waals surface area contributed by atoms with Crippen molar-refractivity contribution < 1.29 is 4.39 Å². The maximum absolute atomic E-state index is 13.7. The van der Waals surface area contributed by atoms with Crippen LogP contribution in [0, 0.1) is 17.7 Å². The quantitative estimate of drug-likeness (QED) is 0.832. The van der Waals surface area contributed by atoms with Crippen molar-refractivity contribution in [1.29, 1.82) is 0 Å². The van der Waals surface area contributed by atoms with E-state index >= 15 is 0 Å². The molecule has 20 heavy (non-hydrogen) atoms. The third-order valence-electron chi connectivity index (χ3n) is 4.66. The molecule has 2 rings (SSSR count). The molecule has 0 spiro atoms. The molecule has 112 valence electrons. The summed E-state index contributed by atoms with van der Waals surface area (Å²) in [6.07, 6.45) is 6.07. The Morgan fingerprint density at radius 3 is 2.55 bits per heavy atom. The first-order valence-electron chi connectivity index (χ1n) is 8.07. The molecule has 0 aliphatic heterocycles. The Bertz CT molecular complexity index is 416. The lowest BCUT2D eigenvalue weighted by Crippen LogP contribution is -2.45. The fraction of sp³-hybridized carbons (Fsp3) is 0.667. The third-order valence-corrected chi connectivity index (χ3v) is 4.66. The molecular formula is C18H28FN. The molecule has 0 saturated heterocycles. The van der Waals surface area contributed by atoms with Crippen LogP contribution in [0.15, 0.2) is 24.3 Å². The Morgan fingerprint density at radius 1 is 1.15 bits per heavy atom. The number of nitrogens with one attached hydrogen (secondary N) is 1. The van der Waals surface area contributed by atoms with Gasteiger partial charge in [-0.3, -0.25) is 0 Å². The van der Waals surface area contributed by atoms with Gasteiger partial charge in [0.25, 0.3) is 0 Å². The van der Waals surface area contributed by atoms with E-state index in [1.54, 1.807) is 12.1 Å². The monoisotopic (exact) mass is 277 g/mol. The Hall–Kier alpha value is -0.890. The van der Waals surface area contributed by atoms with E-state index in [0.29, 0.717) is 12.1 Å². The molecule has 1 aliphatic carbocycles. The smallest absolute Gasteiger partial charge is 0.126 e. The van der Waals surface area contributed by atoms with Crippen LogP contribution in [0.4, 0.5) is 4.39 Å². The first-order chi connectivity index (χ1) is 9.58. The topological polar surface area (TPSA) is 12.0 Å². The second-order valence-corrected chi connectivity index (χ2v) is 6.66. The maximum atomic E-state index is 13.7. The second kappa shape index (κ2) is 7.21. The van der Waals surface area contributed by atoms with E-state index in [9.17, 15) is 4.39 Å². The van der Waals surface area contributed by atoms with Crippen LogP contribution in [0.25, 0.3) is 0 Å². The first-order valence-corrected chi connectivity index (χ1v) is 8.07. The molecule has 1 aliphatic rings. The average molecular weight is 277 g/mol. The zero-order chi connectivity index (χ0) is 14.5. The Kier molecular flexibility index (Phi) is 5.59. The summed E-state index contributed by atoms with van der Waals surface area (Å²) in [4.78, 5) is 0. The van der Waals surface area contributed by atoms with Gasteiger partial charge < -0.3 is 5.32 Å². The van der Waals surface area contributed by atoms with Crippen molar-refractivity contribution in [2.24, 2.45) is 11.8 Å². The minimum absolute atomic E-state index is 0.0785. The summed E-state index contributed by atoms with van der Waals surface area (Å²) >= 11 is 0. The van der Waals surface area contributed by atoms with E-state index in [0.717, 1.165) is 23.8 Å². The van der Waals surface area contributed by atoms with Crippen molar-refractivity contribution in [3.63, 3.8) is 0 Å². The molecule has 3 atom stereocenters. The summed E-state index contributed by atoms with van der Waals surface area (Å²) in [6.45, 7) is 6.83. The average Bonchev–Trinajstić information content (AvgIpc) is 2.41. The molecule has 0 radical (unpaired) electrons. The molecule has 1 nitrogen and oxygen atoms in total. The molecule has 1 aromatic carbocycles. The van der Waals surface area contributed by atoms with Gasteiger partial charge in [0.05, 0.1) is 0 Å². The largest absolute Gasteiger partial charge is 0.311 e. The maximum Gasteiger partial charge on any atom is 0.126 e. The van der Waals surface area contributed by atoms with Crippen LogP contribution in [0.5, 0.6) is 0 Å². The van der Waals surface area contributed by atoms with E-state index < -0.39 is 0 Å². The van der Waals surface area contributed by atoms with Gasteiger partial charge in [-0.05, 0) is 49.7 Å². The fourth-order valence-corrected chi connectivity index (χ4v) is 3.58. The van der Waals surface area contributed by atoms with E-state index in [1.807, 2.05) is 12.1 Å². The predicted octanol–water partition coefficient (Wildman–Crippen LogP) is 4.56. The lowest BCUT2D eigenvalue weighted by Gasteiger charge is -2.37. The highest BCUT2D eigenvalue weighted by molar-refractivity contribution is 5.18. The van der Waals surface area contributed by atoms with E-state index in [-0.39, 0.29) is 5.82 Å². The summed E-state index contributed by atoms with van der Waals surface area (Å²) in [7, 11) is 0. The summed E-state index contributed by atoms with van der Waals surface area (Å²) in [5.74, 6) is 1.42. The summed E-state index contributed by atoms with van der Waals surface area (Å²) < 4.78 is 13.7. The molecule has 1 fully saturated rings. The van der Waals surface area contributed by atoms with Gasteiger partial charge in [0.1, 0.15) is 5.82 Å². The van der Waals surface area contributed by atoms with E-state index in [1.165, 1.54) is 25.7 Å². The van der Waals surface area contributed by atoms with Crippen LogP contribution in [-0.4, -0.2) is 12.1 Å². The lowest BCUT2D eigenvalue weighted by molar-refractivity contribution is 0.194. The molecule has 0 bridgehead atoms. The normalized spacial score (nSPS) is 24.9. The van der Waals surface area contributed by atoms with Crippen LogP contribution < -0.4 is 5.32 Å². The van der Waals surface area contributed by atoms with Crippen molar-refractivity contribution in [1.82, 2.24) is 5.32 Å². The zero-order valence-corrected chi connectivity index (χ0v) is 13.0. The van der Waals surface area contributed by atoms with Gasteiger partial charge >= 0.3 is 0 Å². The summed E-state index contributed by atoms with van der Waals surface area (Å²) in [6, 6.07) is 8.06. The van der Waals surface area contributed by atoms with Crippen molar-refractivity contribution in [3.8, 4) is 0 Å². The van der Waals surface area contributed by atoms with Crippen LogP contribution in [0.1, 0.15) is 52.0 Å². The molecule has 1 aromatic rings. The van der Waals surface area contributed by atoms with Crippen LogP contribution >= 0.6 is 0 Å². The predicted molar refractivity (Wildman–Crippen MR) is 83.3 cm³/mol. The Morgan fingerprint density at radius 2 is 1.85 bits per heavy atom. The zero-order valence-electron chi connectivity index (χ0n) is 13.0. The minimum Gasteiger partial charge on any atom is -0.311 e. The van der Waals surface area contributed by atoms with Gasteiger partial charge in [0.15, 0.2) is 0 Å². The molecule has 1 saturated carbocycles. The highest BCUT2D eigenvalue weighted by Gasteiger charge is 2.28. The minimum atomic E-state index is -0.0785. The molecule has 0 heterocycles. The summed E-state index contributed by atoms with van der Waals surface area (Å²) in [5.41, 5.74) is 0.824. The van der Waals surface area contributed by atoms with E-state index in [2.05, 4.69) is 26.1 Å². The highest BCUT2D eigenvalue weighted by Crippen LogP contribution is 2.30. The highest BCUT2D eigenvalue weighted by atomic mass is 19.1. The van der Waals surface area contributed by atoms with Gasteiger partial charge in [-0.25, -0.2) is 4.39 Å². The SMILES string of the molecule is CC(Cc1ccccc1F)NC1CCCCC1C(C)C. The number of hydrogen-bond acceptors (Lipinski definition) is 1. The fourth-order valence-electron chi connectivity index (χ4n) is 3.58. The summed E-state index contributed by atoms with van der Waals surface area (Å²) in [5, 5.41) is 3.76. The van der Waals surface area contributed by atoms with Crippen molar-refractivity contribution in [2.75, 3.05) is 0 Å². The number of hydrogen-bond donors (Lipinski definition) is 1. The number of rotatable bonds is 5. The Labute approximate surface area is 123 Å². The lowest BCUT2D eigenvalue weighted by atomic mass is 9.77. The van der Waals surface area contributed by atoms with Crippen LogP contribution in [0.2, 0.25) is 0 Å². The standard InChI is InChI=1S/C18H28FN/c1-13(2)16-9-5-7-11-18(16)20-14(3)12-15-8-4-6-10-17(15)19/h4,6,8,10,13-14,16,18,20H,5,7,9,11-12H2,1-3H3. The number of halogens is 1. The molecule has 1 N–H and O–H groups in total. The second-order valence-electron chi connectivity index (χ2n) is 6.66. The van der Waals surface area contributed by atoms with E-state index in [4.69, 9.17) is 0 Å². The molecule has 2 heteroatoms. The Balaban J connectivity index is 1.93. The van der Waals surface area contributed by atoms with Gasteiger partial charge in [-0.1, -0.05) is 44.9 Å². The van der Waals surface area contributed by atoms with Gasteiger partial charge in [-0.2, -0.15) is 0 Å². The first kappa shape index (κ1) is 15.5. The molecule has 0 amide bonds. The van der Waals surface area contributed by atoms with Crippen molar-refractivity contribution in [3.05, 3.63) is 35.6 Å². The van der Waals surface area contributed by atoms with Gasteiger partial charge in [-0.15, -0.1) is 0 Å². The van der Waals surface area contributed by atoms with Gasteiger partial charge in [0, 0.05) is 12.1 Å². The van der Waals surface area contributed by atoms with Gasteiger partial charge in [0.2, 0.25) is 0 Å². The van der Waals surface area contributed by atoms with Crippen molar-refractivity contribution in [2.45, 2.75) is 65.0 Å². The third kappa shape index (κ3) is 4.05.